The van der Waals surface area contributed by atoms with Gasteiger partial charge in [0.15, 0.2) is 0 Å². The topological polar surface area (TPSA) is 43.8 Å². The summed E-state index contributed by atoms with van der Waals surface area (Å²) in [6, 6.07) is 7.44. The number of halogens is 1. The molecule has 4 heteroatoms. The van der Waals surface area contributed by atoms with Gasteiger partial charge in [0, 0.05) is 23.8 Å². The standard InChI is InChI=1S/C12H14ClN3/c1-8-11(7-16(2)15-8)12(14)9-4-3-5-10(13)6-9/h3-7,12H,14H2,1-2H3. The van der Waals surface area contributed by atoms with Gasteiger partial charge in [-0.05, 0) is 24.6 Å². The minimum atomic E-state index is -0.174. The lowest BCUT2D eigenvalue weighted by Crippen LogP contribution is -2.12. The molecular weight excluding hydrogens is 222 g/mol. The van der Waals surface area contributed by atoms with Crippen LogP contribution >= 0.6 is 11.6 Å². The van der Waals surface area contributed by atoms with Crippen molar-refractivity contribution >= 4 is 11.6 Å². The Kier molecular flexibility index (Phi) is 2.99. The van der Waals surface area contributed by atoms with Crippen LogP contribution in [0.5, 0.6) is 0 Å². The molecule has 84 valence electrons. The summed E-state index contributed by atoms with van der Waals surface area (Å²) in [5.74, 6) is 0. The quantitative estimate of drug-likeness (QED) is 0.869. The molecule has 0 aliphatic carbocycles. The van der Waals surface area contributed by atoms with E-state index in [4.69, 9.17) is 17.3 Å². The first-order chi connectivity index (χ1) is 7.58. The molecule has 1 heterocycles. The van der Waals surface area contributed by atoms with Crippen molar-refractivity contribution in [2.24, 2.45) is 12.8 Å². The molecule has 0 amide bonds. The highest BCUT2D eigenvalue weighted by atomic mass is 35.5. The lowest BCUT2D eigenvalue weighted by Gasteiger charge is -2.11. The maximum atomic E-state index is 6.19. The Morgan fingerprint density at radius 1 is 1.44 bits per heavy atom. The van der Waals surface area contributed by atoms with E-state index in [0.29, 0.717) is 5.02 Å². The van der Waals surface area contributed by atoms with Crippen LogP contribution in [-0.2, 0) is 7.05 Å². The molecule has 2 rings (SSSR count). The number of aromatic nitrogens is 2. The van der Waals surface area contributed by atoms with E-state index in [9.17, 15) is 0 Å². The average Bonchev–Trinajstić information content (AvgIpc) is 2.57. The summed E-state index contributed by atoms with van der Waals surface area (Å²) in [5, 5.41) is 4.99. The van der Waals surface area contributed by atoms with Gasteiger partial charge in [-0.25, -0.2) is 0 Å². The number of nitrogens with two attached hydrogens (primary N) is 1. The molecule has 0 spiro atoms. The number of rotatable bonds is 2. The van der Waals surface area contributed by atoms with E-state index < -0.39 is 0 Å². The molecule has 1 aromatic carbocycles. The second-order valence-electron chi connectivity index (χ2n) is 3.88. The van der Waals surface area contributed by atoms with Crippen molar-refractivity contribution in [2.75, 3.05) is 0 Å². The second kappa shape index (κ2) is 4.28. The molecule has 1 unspecified atom stereocenters. The maximum Gasteiger partial charge on any atom is 0.0644 e. The van der Waals surface area contributed by atoms with E-state index in [-0.39, 0.29) is 6.04 Å². The Bertz CT molecular complexity index is 505. The Labute approximate surface area is 99.8 Å². The van der Waals surface area contributed by atoms with Gasteiger partial charge in [-0.1, -0.05) is 23.7 Å². The Balaban J connectivity index is 2.38. The average molecular weight is 236 g/mol. The van der Waals surface area contributed by atoms with E-state index in [1.807, 2.05) is 44.4 Å². The van der Waals surface area contributed by atoms with Crippen LogP contribution in [0.1, 0.15) is 22.9 Å². The highest BCUT2D eigenvalue weighted by Gasteiger charge is 2.14. The van der Waals surface area contributed by atoms with Crippen LogP contribution in [0.25, 0.3) is 0 Å². The summed E-state index contributed by atoms with van der Waals surface area (Å²) in [4.78, 5) is 0. The zero-order valence-corrected chi connectivity index (χ0v) is 10.1. The van der Waals surface area contributed by atoms with Gasteiger partial charge in [-0.3, -0.25) is 4.68 Å². The van der Waals surface area contributed by atoms with Crippen LogP contribution in [0.4, 0.5) is 0 Å². The molecule has 3 nitrogen and oxygen atoms in total. The van der Waals surface area contributed by atoms with E-state index in [1.54, 1.807) is 4.68 Å². The zero-order chi connectivity index (χ0) is 11.7. The van der Waals surface area contributed by atoms with Crippen molar-refractivity contribution in [3.8, 4) is 0 Å². The summed E-state index contributed by atoms with van der Waals surface area (Å²) in [6.07, 6.45) is 1.95. The van der Waals surface area contributed by atoms with Crippen LogP contribution in [0.3, 0.4) is 0 Å². The highest BCUT2D eigenvalue weighted by Crippen LogP contribution is 2.23. The lowest BCUT2D eigenvalue weighted by molar-refractivity contribution is 0.756. The summed E-state index contributed by atoms with van der Waals surface area (Å²) < 4.78 is 1.77. The van der Waals surface area contributed by atoms with Gasteiger partial charge in [0.05, 0.1) is 11.7 Å². The van der Waals surface area contributed by atoms with Gasteiger partial charge >= 0.3 is 0 Å². The minimum absolute atomic E-state index is 0.174. The predicted molar refractivity (Wildman–Crippen MR) is 65.4 cm³/mol. The first-order valence-electron chi connectivity index (χ1n) is 5.09. The van der Waals surface area contributed by atoms with Crippen molar-refractivity contribution < 1.29 is 0 Å². The summed E-state index contributed by atoms with van der Waals surface area (Å²) in [6.45, 7) is 1.96. The Morgan fingerprint density at radius 3 is 2.75 bits per heavy atom. The predicted octanol–water partition coefficient (Wildman–Crippen LogP) is 2.43. The van der Waals surface area contributed by atoms with Crippen LogP contribution in [0.15, 0.2) is 30.5 Å². The second-order valence-corrected chi connectivity index (χ2v) is 4.31. The molecule has 0 saturated heterocycles. The third kappa shape index (κ3) is 2.10. The van der Waals surface area contributed by atoms with Crippen molar-refractivity contribution in [2.45, 2.75) is 13.0 Å². The number of hydrogen-bond donors (Lipinski definition) is 1. The largest absolute Gasteiger partial charge is 0.320 e. The molecule has 0 saturated carbocycles. The zero-order valence-electron chi connectivity index (χ0n) is 9.31. The van der Waals surface area contributed by atoms with E-state index >= 15 is 0 Å². The monoisotopic (exact) mass is 235 g/mol. The summed E-state index contributed by atoms with van der Waals surface area (Å²) in [5.41, 5.74) is 9.18. The first-order valence-corrected chi connectivity index (χ1v) is 5.47. The molecule has 0 aliphatic rings. The van der Waals surface area contributed by atoms with Crippen LogP contribution in [0, 0.1) is 6.92 Å². The highest BCUT2D eigenvalue weighted by molar-refractivity contribution is 6.30. The van der Waals surface area contributed by atoms with Crippen molar-refractivity contribution in [1.82, 2.24) is 9.78 Å². The molecule has 1 atom stereocenters. The summed E-state index contributed by atoms with van der Waals surface area (Å²) in [7, 11) is 1.89. The molecule has 16 heavy (non-hydrogen) atoms. The Hall–Kier alpha value is -1.32. The van der Waals surface area contributed by atoms with E-state index in [2.05, 4.69) is 5.10 Å². The van der Waals surface area contributed by atoms with Gasteiger partial charge in [0.1, 0.15) is 0 Å². The molecule has 0 fully saturated rings. The molecular formula is C12H14ClN3. The van der Waals surface area contributed by atoms with Crippen molar-refractivity contribution in [1.29, 1.82) is 0 Å². The first kappa shape index (κ1) is 11.2. The van der Waals surface area contributed by atoms with Crippen LogP contribution < -0.4 is 5.73 Å². The number of hydrogen-bond acceptors (Lipinski definition) is 2. The molecule has 0 bridgehead atoms. The van der Waals surface area contributed by atoms with Gasteiger partial charge in [0.25, 0.3) is 0 Å². The third-order valence-electron chi connectivity index (χ3n) is 2.59. The van der Waals surface area contributed by atoms with Gasteiger partial charge in [0.2, 0.25) is 0 Å². The van der Waals surface area contributed by atoms with E-state index in [0.717, 1.165) is 16.8 Å². The fraction of sp³-hybridized carbons (Fsp3) is 0.250. The normalized spacial score (nSPS) is 12.8. The molecule has 2 N–H and O–H groups in total. The molecule has 0 radical (unpaired) electrons. The number of aryl methyl sites for hydroxylation is 2. The van der Waals surface area contributed by atoms with Crippen molar-refractivity contribution in [3.63, 3.8) is 0 Å². The lowest BCUT2D eigenvalue weighted by atomic mass is 10.0. The molecule has 2 aromatic rings. The fourth-order valence-electron chi connectivity index (χ4n) is 1.80. The summed E-state index contributed by atoms with van der Waals surface area (Å²) >= 11 is 5.94. The van der Waals surface area contributed by atoms with E-state index in [1.165, 1.54) is 0 Å². The molecule has 0 aliphatic heterocycles. The minimum Gasteiger partial charge on any atom is -0.320 e. The van der Waals surface area contributed by atoms with Crippen LogP contribution in [-0.4, -0.2) is 9.78 Å². The maximum absolute atomic E-state index is 6.19. The van der Waals surface area contributed by atoms with Gasteiger partial charge < -0.3 is 5.73 Å². The number of nitrogens with zero attached hydrogens (tertiary/aromatic N) is 2. The smallest absolute Gasteiger partial charge is 0.0644 e. The van der Waals surface area contributed by atoms with Crippen LogP contribution in [0.2, 0.25) is 5.02 Å². The SMILES string of the molecule is Cc1nn(C)cc1C(N)c1cccc(Cl)c1. The number of benzene rings is 1. The molecule has 1 aromatic heterocycles. The van der Waals surface area contributed by atoms with Crippen molar-refractivity contribution in [3.05, 3.63) is 52.3 Å². The van der Waals surface area contributed by atoms with Gasteiger partial charge in [-0.15, -0.1) is 0 Å². The fourth-order valence-corrected chi connectivity index (χ4v) is 2.00. The third-order valence-corrected chi connectivity index (χ3v) is 2.83. The Morgan fingerprint density at radius 2 is 2.19 bits per heavy atom. The van der Waals surface area contributed by atoms with Gasteiger partial charge in [-0.2, -0.15) is 5.10 Å².